The molecule has 1 aromatic heterocycles. The predicted octanol–water partition coefficient (Wildman–Crippen LogP) is 4.06. The second-order valence-corrected chi connectivity index (χ2v) is 5.46. The van der Waals surface area contributed by atoms with Crippen LogP contribution in [0.1, 0.15) is 15.9 Å². The summed E-state index contributed by atoms with van der Waals surface area (Å²) in [5, 5.41) is 6.34. The summed E-state index contributed by atoms with van der Waals surface area (Å²) in [6.07, 6.45) is 1.66. The number of nitrogens with one attached hydrogen (secondary N) is 2. The summed E-state index contributed by atoms with van der Waals surface area (Å²) in [7, 11) is 1.36. The van der Waals surface area contributed by atoms with E-state index >= 15 is 0 Å². The summed E-state index contributed by atoms with van der Waals surface area (Å²) < 4.78 is 4.73. The maximum absolute atomic E-state index is 11.6. The predicted molar refractivity (Wildman–Crippen MR) is 97.6 cm³/mol. The van der Waals surface area contributed by atoms with Crippen LogP contribution in [-0.2, 0) is 4.74 Å². The van der Waals surface area contributed by atoms with Crippen LogP contribution in [0.25, 0.3) is 0 Å². The highest BCUT2D eigenvalue weighted by atomic mass is 16.5. The molecule has 2 N–H and O–H groups in total. The fourth-order valence-corrected chi connectivity index (χ4v) is 2.33. The number of carbonyl (C=O) groups excluding carboxylic acids is 1. The summed E-state index contributed by atoms with van der Waals surface area (Å²) in [6, 6.07) is 16.8. The first kappa shape index (κ1) is 16.4. The lowest BCUT2D eigenvalue weighted by Gasteiger charge is -2.09. The standard InChI is InChI=1S/C19H18N4O2/c1-13-5-3-7-15(11-13)22-19-20-10-9-17(23-19)21-16-8-4-6-14(12-16)18(24)25-2/h3-12H,1-2H3,(H2,20,21,22,23). The van der Waals surface area contributed by atoms with Crippen LogP contribution < -0.4 is 10.6 Å². The number of rotatable bonds is 5. The Bertz CT molecular complexity index is 896. The fourth-order valence-electron chi connectivity index (χ4n) is 2.33. The third-order valence-corrected chi connectivity index (χ3v) is 3.49. The molecule has 0 fully saturated rings. The molecule has 6 heteroatoms. The molecule has 3 aromatic rings. The topological polar surface area (TPSA) is 76.1 Å². The van der Waals surface area contributed by atoms with E-state index in [-0.39, 0.29) is 5.97 Å². The number of esters is 1. The Kier molecular flexibility index (Phi) is 4.89. The van der Waals surface area contributed by atoms with Crippen LogP contribution in [0.15, 0.2) is 60.8 Å². The van der Waals surface area contributed by atoms with Crippen molar-refractivity contribution >= 4 is 29.1 Å². The number of hydrogen-bond acceptors (Lipinski definition) is 6. The first-order valence-corrected chi connectivity index (χ1v) is 7.76. The average molecular weight is 334 g/mol. The molecule has 0 unspecified atom stereocenters. The molecule has 0 saturated heterocycles. The van der Waals surface area contributed by atoms with E-state index in [1.54, 1.807) is 30.5 Å². The van der Waals surface area contributed by atoms with Gasteiger partial charge in [-0.25, -0.2) is 9.78 Å². The van der Waals surface area contributed by atoms with Crippen LogP contribution in [0.5, 0.6) is 0 Å². The minimum Gasteiger partial charge on any atom is -0.465 e. The van der Waals surface area contributed by atoms with Gasteiger partial charge in [0.05, 0.1) is 12.7 Å². The Hall–Kier alpha value is -3.41. The van der Waals surface area contributed by atoms with Crippen molar-refractivity contribution in [2.75, 3.05) is 17.7 Å². The second kappa shape index (κ2) is 7.44. The van der Waals surface area contributed by atoms with Crippen molar-refractivity contribution in [3.8, 4) is 0 Å². The number of benzene rings is 2. The molecule has 0 amide bonds. The molecule has 0 aliphatic carbocycles. The van der Waals surface area contributed by atoms with Gasteiger partial charge in [0.2, 0.25) is 5.95 Å². The summed E-state index contributed by atoms with van der Waals surface area (Å²) in [5.74, 6) is 0.722. The summed E-state index contributed by atoms with van der Waals surface area (Å²) in [4.78, 5) is 20.3. The Labute approximate surface area is 145 Å². The maximum atomic E-state index is 11.6. The minimum atomic E-state index is -0.381. The molecule has 0 radical (unpaired) electrons. The van der Waals surface area contributed by atoms with Crippen molar-refractivity contribution in [3.63, 3.8) is 0 Å². The van der Waals surface area contributed by atoms with E-state index in [0.29, 0.717) is 17.3 Å². The Morgan fingerprint density at radius 3 is 2.52 bits per heavy atom. The van der Waals surface area contributed by atoms with Crippen LogP contribution in [0, 0.1) is 6.92 Å². The number of methoxy groups -OCH3 is 1. The van der Waals surface area contributed by atoms with Crippen LogP contribution in [0.3, 0.4) is 0 Å². The molecule has 2 aromatic carbocycles. The van der Waals surface area contributed by atoms with E-state index in [4.69, 9.17) is 4.74 Å². The number of ether oxygens (including phenoxy) is 1. The minimum absolute atomic E-state index is 0.381. The smallest absolute Gasteiger partial charge is 0.337 e. The van der Waals surface area contributed by atoms with Gasteiger partial charge >= 0.3 is 5.97 Å². The van der Waals surface area contributed by atoms with Crippen molar-refractivity contribution < 1.29 is 9.53 Å². The Morgan fingerprint density at radius 1 is 1.00 bits per heavy atom. The van der Waals surface area contributed by atoms with Gasteiger partial charge in [0.1, 0.15) is 5.82 Å². The highest BCUT2D eigenvalue weighted by Crippen LogP contribution is 2.19. The Balaban J connectivity index is 1.77. The zero-order valence-corrected chi connectivity index (χ0v) is 14.0. The first-order chi connectivity index (χ1) is 12.1. The SMILES string of the molecule is COC(=O)c1cccc(Nc2ccnc(Nc3cccc(C)c3)n2)c1. The van der Waals surface area contributed by atoms with E-state index in [1.165, 1.54) is 7.11 Å². The lowest BCUT2D eigenvalue weighted by Crippen LogP contribution is -2.03. The molecule has 1 heterocycles. The van der Waals surface area contributed by atoms with Crippen LogP contribution in [0.4, 0.5) is 23.1 Å². The van der Waals surface area contributed by atoms with Crippen LogP contribution in [0.2, 0.25) is 0 Å². The van der Waals surface area contributed by atoms with Gasteiger partial charge in [-0.3, -0.25) is 0 Å². The molecule has 6 nitrogen and oxygen atoms in total. The van der Waals surface area contributed by atoms with Crippen molar-refractivity contribution in [1.29, 1.82) is 0 Å². The van der Waals surface area contributed by atoms with Gasteiger partial charge in [0.15, 0.2) is 0 Å². The van der Waals surface area contributed by atoms with E-state index in [1.807, 2.05) is 37.3 Å². The molecular weight excluding hydrogens is 316 g/mol. The highest BCUT2D eigenvalue weighted by Gasteiger charge is 2.06. The van der Waals surface area contributed by atoms with Gasteiger partial charge in [-0.15, -0.1) is 0 Å². The number of carbonyl (C=O) groups is 1. The highest BCUT2D eigenvalue weighted by molar-refractivity contribution is 5.90. The monoisotopic (exact) mass is 334 g/mol. The molecule has 0 bridgehead atoms. The van der Waals surface area contributed by atoms with Crippen LogP contribution >= 0.6 is 0 Å². The zero-order chi connectivity index (χ0) is 17.6. The van der Waals surface area contributed by atoms with E-state index in [0.717, 1.165) is 16.9 Å². The molecule has 0 spiro atoms. The second-order valence-electron chi connectivity index (χ2n) is 5.46. The van der Waals surface area contributed by atoms with Crippen molar-refractivity contribution in [1.82, 2.24) is 9.97 Å². The van der Waals surface area contributed by atoms with Crippen molar-refractivity contribution in [3.05, 3.63) is 71.9 Å². The molecule has 0 aliphatic heterocycles. The molecule has 0 saturated carbocycles. The summed E-state index contributed by atoms with van der Waals surface area (Å²) >= 11 is 0. The van der Waals surface area contributed by atoms with Gasteiger partial charge < -0.3 is 15.4 Å². The van der Waals surface area contributed by atoms with E-state index < -0.39 is 0 Å². The molecule has 0 aliphatic rings. The van der Waals surface area contributed by atoms with Crippen LogP contribution in [-0.4, -0.2) is 23.0 Å². The van der Waals surface area contributed by atoms with Gasteiger partial charge in [-0.2, -0.15) is 4.98 Å². The van der Waals surface area contributed by atoms with E-state index in [9.17, 15) is 4.79 Å². The third-order valence-electron chi connectivity index (χ3n) is 3.49. The number of aryl methyl sites for hydroxylation is 1. The molecule has 3 rings (SSSR count). The quantitative estimate of drug-likeness (QED) is 0.685. The first-order valence-electron chi connectivity index (χ1n) is 7.76. The maximum Gasteiger partial charge on any atom is 0.337 e. The number of hydrogen-bond donors (Lipinski definition) is 2. The van der Waals surface area contributed by atoms with Gasteiger partial charge in [0.25, 0.3) is 0 Å². The summed E-state index contributed by atoms with van der Waals surface area (Å²) in [5.41, 5.74) is 3.28. The third kappa shape index (κ3) is 4.32. The normalized spacial score (nSPS) is 10.2. The Morgan fingerprint density at radius 2 is 1.76 bits per heavy atom. The average Bonchev–Trinajstić information content (AvgIpc) is 2.61. The lowest BCUT2D eigenvalue weighted by molar-refractivity contribution is 0.0601. The van der Waals surface area contributed by atoms with Gasteiger partial charge in [0, 0.05) is 17.6 Å². The largest absolute Gasteiger partial charge is 0.465 e. The summed E-state index contributed by atoms with van der Waals surface area (Å²) in [6.45, 7) is 2.03. The number of anilines is 4. The zero-order valence-electron chi connectivity index (χ0n) is 14.0. The van der Waals surface area contributed by atoms with Gasteiger partial charge in [-0.1, -0.05) is 18.2 Å². The lowest BCUT2D eigenvalue weighted by atomic mass is 10.2. The number of nitrogens with zero attached hydrogens (tertiary/aromatic N) is 2. The molecule has 126 valence electrons. The van der Waals surface area contributed by atoms with Crippen molar-refractivity contribution in [2.45, 2.75) is 6.92 Å². The molecular formula is C19H18N4O2. The molecule has 25 heavy (non-hydrogen) atoms. The van der Waals surface area contributed by atoms with E-state index in [2.05, 4.69) is 20.6 Å². The number of aromatic nitrogens is 2. The molecule has 0 atom stereocenters. The van der Waals surface area contributed by atoms with Gasteiger partial charge in [-0.05, 0) is 48.9 Å². The van der Waals surface area contributed by atoms with Crippen molar-refractivity contribution in [2.24, 2.45) is 0 Å². The fraction of sp³-hybridized carbons (Fsp3) is 0.105.